The Kier molecular flexibility index (Phi) is 5.56. The molecule has 0 aromatic carbocycles. The molecule has 4 N–H and O–H groups in total. The second-order valence-corrected chi connectivity index (χ2v) is 5.73. The summed E-state index contributed by atoms with van der Waals surface area (Å²) in [5, 5.41) is 0. The zero-order valence-corrected chi connectivity index (χ0v) is 11.8. The maximum absolute atomic E-state index is 11.1. The van der Waals surface area contributed by atoms with Crippen molar-refractivity contribution in [3.05, 3.63) is 0 Å². The molecule has 1 heterocycles. The number of piperidine rings is 1. The number of carbonyl (C=O) groups excluding carboxylic acids is 1. The highest BCUT2D eigenvalue weighted by Crippen LogP contribution is 2.20. The maximum atomic E-state index is 11.1. The summed E-state index contributed by atoms with van der Waals surface area (Å²) < 4.78 is 5.48. The SMILES string of the molecule is COC1CN(CCCC(C)(N)C(N)=O)CCC1C. The molecule has 0 saturated carbocycles. The van der Waals surface area contributed by atoms with Crippen LogP contribution in [0.15, 0.2) is 0 Å². The van der Waals surface area contributed by atoms with Crippen LogP contribution in [0.4, 0.5) is 0 Å². The van der Waals surface area contributed by atoms with Gasteiger partial charge < -0.3 is 21.1 Å². The van der Waals surface area contributed by atoms with Gasteiger partial charge in [-0.25, -0.2) is 0 Å². The Morgan fingerprint density at radius 2 is 2.22 bits per heavy atom. The first-order chi connectivity index (χ1) is 8.36. The van der Waals surface area contributed by atoms with E-state index in [2.05, 4.69) is 11.8 Å². The predicted octanol–water partition coefficient (Wildman–Crippen LogP) is 0.326. The average Bonchev–Trinajstić information content (AvgIpc) is 2.31. The van der Waals surface area contributed by atoms with Gasteiger partial charge in [0.05, 0.1) is 11.6 Å². The van der Waals surface area contributed by atoms with E-state index in [0.29, 0.717) is 18.4 Å². The van der Waals surface area contributed by atoms with Gasteiger partial charge in [-0.15, -0.1) is 0 Å². The third-order valence-corrected chi connectivity index (χ3v) is 4.01. The molecule has 1 saturated heterocycles. The van der Waals surface area contributed by atoms with Crippen LogP contribution in [-0.2, 0) is 9.53 Å². The largest absolute Gasteiger partial charge is 0.380 e. The van der Waals surface area contributed by atoms with E-state index in [0.717, 1.165) is 32.5 Å². The van der Waals surface area contributed by atoms with Crippen molar-refractivity contribution in [1.82, 2.24) is 4.90 Å². The second kappa shape index (κ2) is 6.50. The molecule has 1 aliphatic rings. The molecule has 1 fully saturated rings. The topological polar surface area (TPSA) is 81.6 Å². The molecule has 0 radical (unpaired) electrons. The zero-order chi connectivity index (χ0) is 13.8. The van der Waals surface area contributed by atoms with Crippen LogP contribution < -0.4 is 11.5 Å². The zero-order valence-electron chi connectivity index (χ0n) is 11.8. The van der Waals surface area contributed by atoms with Crippen molar-refractivity contribution in [2.45, 2.75) is 44.8 Å². The summed E-state index contributed by atoms with van der Waals surface area (Å²) in [5.74, 6) is 0.196. The number of hydrogen-bond donors (Lipinski definition) is 2. The fraction of sp³-hybridized carbons (Fsp3) is 0.923. The summed E-state index contributed by atoms with van der Waals surface area (Å²) in [5.41, 5.74) is 10.2. The Hall–Kier alpha value is -0.650. The number of methoxy groups -OCH3 is 1. The molecule has 0 aromatic heterocycles. The van der Waals surface area contributed by atoms with Gasteiger partial charge in [-0.05, 0) is 45.2 Å². The number of carbonyl (C=O) groups is 1. The molecule has 3 unspecified atom stereocenters. The van der Waals surface area contributed by atoms with Crippen molar-refractivity contribution in [2.75, 3.05) is 26.7 Å². The maximum Gasteiger partial charge on any atom is 0.237 e. The summed E-state index contributed by atoms with van der Waals surface area (Å²) in [7, 11) is 1.77. The van der Waals surface area contributed by atoms with Crippen LogP contribution in [0.3, 0.4) is 0 Å². The first-order valence-electron chi connectivity index (χ1n) is 6.70. The lowest BCUT2D eigenvalue weighted by Crippen LogP contribution is -2.50. The van der Waals surface area contributed by atoms with Gasteiger partial charge in [-0.2, -0.15) is 0 Å². The minimum atomic E-state index is -0.885. The second-order valence-electron chi connectivity index (χ2n) is 5.73. The fourth-order valence-electron chi connectivity index (χ4n) is 2.40. The van der Waals surface area contributed by atoms with Crippen LogP contribution in [-0.4, -0.2) is 49.2 Å². The summed E-state index contributed by atoms with van der Waals surface area (Å²) >= 11 is 0. The van der Waals surface area contributed by atoms with Gasteiger partial charge in [0.25, 0.3) is 0 Å². The number of hydrogen-bond acceptors (Lipinski definition) is 4. The molecule has 1 aliphatic heterocycles. The molecule has 18 heavy (non-hydrogen) atoms. The first kappa shape index (κ1) is 15.4. The van der Waals surface area contributed by atoms with Gasteiger partial charge >= 0.3 is 0 Å². The molecule has 0 aromatic rings. The molecule has 1 amide bonds. The third-order valence-electron chi connectivity index (χ3n) is 4.01. The number of ether oxygens (including phenoxy) is 1. The Labute approximate surface area is 110 Å². The van der Waals surface area contributed by atoms with Crippen molar-refractivity contribution >= 4 is 5.91 Å². The number of nitrogens with two attached hydrogens (primary N) is 2. The van der Waals surface area contributed by atoms with Gasteiger partial charge in [0, 0.05) is 13.7 Å². The van der Waals surface area contributed by atoms with Gasteiger partial charge in [0.15, 0.2) is 0 Å². The molecule has 3 atom stereocenters. The average molecular weight is 257 g/mol. The van der Waals surface area contributed by atoms with Crippen molar-refractivity contribution in [2.24, 2.45) is 17.4 Å². The van der Waals surface area contributed by atoms with Crippen LogP contribution in [0.1, 0.15) is 33.1 Å². The number of rotatable bonds is 6. The Balaban J connectivity index is 2.30. The molecule has 0 spiro atoms. The minimum absolute atomic E-state index is 0.319. The van der Waals surface area contributed by atoms with E-state index in [-0.39, 0.29) is 0 Å². The van der Waals surface area contributed by atoms with Gasteiger partial charge in [0.1, 0.15) is 0 Å². The van der Waals surface area contributed by atoms with Crippen molar-refractivity contribution in [3.63, 3.8) is 0 Å². The lowest BCUT2D eigenvalue weighted by molar-refractivity contribution is -0.122. The fourth-order valence-corrected chi connectivity index (χ4v) is 2.40. The van der Waals surface area contributed by atoms with Crippen LogP contribution in [0.2, 0.25) is 0 Å². The summed E-state index contributed by atoms with van der Waals surface area (Å²) in [4.78, 5) is 13.5. The monoisotopic (exact) mass is 257 g/mol. The van der Waals surface area contributed by atoms with Crippen LogP contribution in [0, 0.1) is 5.92 Å². The molecular weight excluding hydrogens is 230 g/mol. The minimum Gasteiger partial charge on any atom is -0.380 e. The van der Waals surface area contributed by atoms with Crippen LogP contribution in [0.25, 0.3) is 0 Å². The van der Waals surface area contributed by atoms with E-state index in [1.54, 1.807) is 14.0 Å². The first-order valence-corrected chi connectivity index (χ1v) is 6.70. The number of likely N-dealkylation sites (tertiary alicyclic amines) is 1. The van der Waals surface area contributed by atoms with Crippen molar-refractivity contribution in [3.8, 4) is 0 Å². The van der Waals surface area contributed by atoms with Gasteiger partial charge in [0.2, 0.25) is 5.91 Å². The van der Waals surface area contributed by atoms with E-state index < -0.39 is 11.4 Å². The van der Waals surface area contributed by atoms with Crippen molar-refractivity contribution in [1.29, 1.82) is 0 Å². The highest BCUT2D eigenvalue weighted by molar-refractivity contribution is 5.83. The lowest BCUT2D eigenvalue weighted by Gasteiger charge is -2.36. The normalized spacial score (nSPS) is 28.9. The summed E-state index contributed by atoms with van der Waals surface area (Å²) in [6.07, 6.45) is 3.00. The van der Waals surface area contributed by atoms with E-state index in [9.17, 15) is 4.79 Å². The van der Waals surface area contributed by atoms with E-state index in [1.165, 1.54) is 0 Å². The van der Waals surface area contributed by atoms with Crippen LogP contribution >= 0.6 is 0 Å². The van der Waals surface area contributed by atoms with E-state index in [1.807, 2.05) is 0 Å². The molecule has 106 valence electrons. The summed E-state index contributed by atoms with van der Waals surface area (Å²) in [6, 6.07) is 0. The number of amides is 1. The number of nitrogens with zero attached hydrogens (tertiary/aromatic N) is 1. The van der Waals surface area contributed by atoms with E-state index in [4.69, 9.17) is 16.2 Å². The van der Waals surface area contributed by atoms with Crippen LogP contribution in [0.5, 0.6) is 0 Å². The lowest BCUT2D eigenvalue weighted by atomic mass is 9.94. The Morgan fingerprint density at radius 3 is 2.78 bits per heavy atom. The molecular formula is C13H27N3O2. The molecule has 0 aliphatic carbocycles. The predicted molar refractivity (Wildman–Crippen MR) is 72.0 cm³/mol. The summed E-state index contributed by atoms with van der Waals surface area (Å²) in [6.45, 7) is 6.95. The highest BCUT2D eigenvalue weighted by Gasteiger charge is 2.28. The van der Waals surface area contributed by atoms with Gasteiger partial charge in [-0.3, -0.25) is 4.79 Å². The third kappa shape index (κ3) is 4.23. The molecule has 0 bridgehead atoms. The quantitative estimate of drug-likeness (QED) is 0.718. The smallest absolute Gasteiger partial charge is 0.237 e. The Morgan fingerprint density at radius 1 is 1.56 bits per heavy atom. The highest BCUT2D eigenvalue weighted by atomic mass is 16.5. The molecule has 1 rings (SSSR count). The van der Waals surface area contributed by atoms with Crippen molar-refractivity contribution < 1.29 is 9.53 Å². The van der Waals surface area contributed by atoms with E-state index >= 15 is 0 Å². The number of primary amides is 1. The molecule has 5 heteroatoms. The molecule has 5 nitrogen and oxygen atoms in total. The Bertz CT molecular complexity index is 281. The standard InChI is InChI=1S/C13H27N3O2/c1-10-5-8-16(9-11(10)18-3)7-4-6-13(2,15)12(14)17/h10-11H,4-9,15H2,1-3H3,(H2,14,17). The van der Waals surface area contributed by atoms with Gasteiger partial charge in [-0.1, -0.05) is 6.92 Å².